The smallest absolute Gasteiger partial charge is 0.166 e. The lowest BCUT2D eigenvalue weighted by Gasteiger charge is -2.00. The first-order valence-corrected chi connectivity index (χ1v) is 3.58. The van der Waals surface area contributed by atoms with Crippen LogP contribution < -0.4 is 0 Å². The third-order valence-electron chi connectivity index (χ3n) is 2.17. The molecule has 0 bridgehead atoms. The molecule has 3 rings (SSSR count). The second-order valence-electron chi connectivity index (χ2n) is 2.86. The number of fused-ring (bicyclic) bond motifs is 1. The van der Waals surface area contributed by atoms with E-state index in [1.54, 1.807) is 6.08 Å². The van der Waals surface area contributed by atoms with Gasteiger partial charge in [-0.2, -0.15) is 0 Å². The van der Waals surface area contributed by atoms with Gasteiger partial charge in [0.2, 0.25) is 0 Å². The number of allylic oxidation sites excluding steroid dienone is 5. The molecule has 0 aromatic heterocycles. The standard InChI is InChI=1S/C9H6O2/c10-7-2-1-5-3-8-9(11-8)4-6(5)7/h1-3,10H,4H2. The van der Waals surface area contributed by atoms with Crippen molar-refractivity contribution in [2.24, 2.45) is 0 Å². The lowest BCUT2D eigenvalue weighted by molar-refractivity contribution is 0.424. The molecule has 0 atom stereocenters. The molecule has 0 saturated heterocycles. The van der Waals surface area contributed by atoms with Crippen LogP contribution in [-0.4, -0.2) is 5.11 Å². The van der Waals surface area contributed by atoms with Crippen molar-refractivity contribution in [1.82, 2.24) is 0 Å². The summed E-state index contributed by atoms with van der Waals surface area (Å²) in [6, 6.07) is 0. The van der Waals surface area contributed by atoms with Gasteiger partial charge in [0, 0.05) is 12.0 Å². The van der Waals surface area contributed by atoms with E-state index in [1.165, 1.54) is 0 Å². The summed E-state index contributed by atoms with van der Waals surface area (Å²) in [5.41, 5.74) is 2.10. The fourth-order valence-electron chi connectivity index (χ4n) is 1.49. The minimum atomic E-state index is 0.387. The van der Waals surface area contributed by atoms with Crippen molar-refractivity contribution < 1.29 is 9.84 Å². The number of hydrogen-bond acceptors (Lipinski definition) is 2. The van der Waals surface area contributed by atoms with Gasteiger partial charge < -0.3 is 9.84 Å². The van der Waals surface area contributed by atoms with Crippen LogP contribution in [0.25, 0.3) is 0 Å². The molecular formula is C9H6O2. The summed E-state index contributed by atoms with van der Waals surface area (Å²) in [5, 5.41) is 9.33. The first kappa shape index (κ1) is 5.24. The van der Waals surface area contributed by atoms with Crippen LogP contribution in [0.4, 0.5) is 0 Å². The van der Waals surface area contributed by atoms with E-state index in [0.717, 1.165) is 29.1 Å². The van der Waals surface area contributed by atoms with Gasteiger partial charge in [0.25, 0.3) is 0 Å². The highest BCUT2D eigenvalue weighted by Crippen LogP contribution is 2.43. The van der Waals surface area contributed by atoms with E-state index in [9.17, 15) is 5.11 Å². The molecule has 0 aromatic rings. The third kappa shape index (κ3) is 0.564. The molecule has 54 valence electrons. The second kappa shape index (κ2) is 1.42. The quantitative estimate of drug-likeness (QED) is 0.566. The molecule has 0 saturated carbocycles. The predicted octanol–water partition coefficient (Wildman–Crippen LogP) is 1.94. The molecule has 0 unspecified atom stereocenters. The Bertz CT molecular complexity index is 367. The van der Waals surface area contributed by atoms with E-state index in [-0.39, 0.29) is 0 Å². The van der Waals surface area contributed by atoms with Crippen LogP contribution in [0.3, 0.4) is 0 Å². The monoisotopic (exact) mass is 146 g/mol. The summed E-state index contributed by atoms with van der Waals surface area (Å²) < 4.78 is 5.14. The maximum atomic E-state index is 9.33. The van der Waals surface area contributed by atoms with E-state index in [1.807, 2.05) is 12.2 Å². The molecule has 0 amide bonds. The molecule has 1 heterocycles. The third-order valence-corrected chi connectivity index (χ3v) is 2.17. The summed E-state index contributed by atoms with van der Waals surface area (Å²) in [7, 11) is 0. The maximum absolute atomic E-state index is 9.33. The van der Waals surface area contributed by atoms with Crippen molar-refractivity contribution in [2.45, 2.75) is 6.42 Å². The molecule has 3 aliphatic rings. The Morgan fingerprint density at radius 3 is 3.18 bits per heavy atom. The van der Waals surface area contributed by atoms with Crippen LogP contribution in [-0.2, 0) is 4.74 Å². The minimum absolute atomic E-state index is 0.387. The molecule has 2 nitrogen and oxygen atoms in total. The lowest BCUT2D eigenvalue weighted by Crippen LogP contribution is -1.88. The van der Waals surface area contributed by atoms with Crippen LogP contribution in [0.1, 0.15) is 6.42 Å². The van der Waals surface area contributed by atoms with E-state index in [0.29, 0.717) is 5.76 Å². The molecule has 11 heavy (non-hydrogen) atoms. The zero-order chi connectivity index (χ0) is 7.42. The molecule has 2 aliphatic carbocycles. The SMILES string of the molecule is OC1=C2CC3=C(C=C2C=C1)O3. The van der Waals surface area contributed by atoms with Crippen molar-refractivity contribution >= 4 is 0 Å². The zero-order valence-electron chi connectivity index (χ0n) is 5.79. The van der Waals surface area contributed by atoms with Crippen LogP contribution in [0, 0.1) is 0 Å². The van der Waals surface area contributed by atoms with Gasteiger partial charge in [-0.15, -0.1) is 0 Å². The van der Waals surface area contributed by atoms with E-state index >= 15 is 0 Å². The van der Waals surface area contributed by atoms with Gasteiger partial charge in [-0.25, -0.2) is 0 Å². The first-order valence-electron chi connectivity index (χ1n) is 3.58. The van der Waals surface area contributed by atoms with Gasteiger partial charge in [-0.3, -0.25) is 0 Å². The van der Waals surface area contributed by atoms with E-state index in [2.05, 4.69) is 0 Å². The number of rotatable bonds is 0. The van der Waals surface area contributed by atoms with Crippen molar-refractivity contribution in [3.63, 3.8) is 0 Å². The Kier molecular flexibility index (Phi) is 0.677. The van der Waals surface area contributed by atoms with Crippen LogP contribution >= 0.6 is 0 Å². The van der Waals surface area contributed by atoms with Gasteiger partial charge in [0.1, 0.15) is 5.76 Å². The molecule has 0 spiro atoms. The highest BCUT2D eigenvalue weighted by Gasteiger charge is 2.32. The highest BCUT2D eigenvalue weighted by molar-refractivity contribution is 5.59. The van der Waals surface area contributed by atoms with Crippen molar-refractivity contribution in [2.75, 3.05) is 0 Å². The first-order chi connectivity index (χ1) is 5.34. The number of aliphatic hydroxyl groups excluding tert-OH is 1. The van der Waals surface area contributed by atoms with Gasteiger partial charge in [-0.05, 0) is 17.7 Å². The normalized spacial score (nSPS) is 24.5. The van der Waals surface area contributed by atoms with Gasteiger partial charge in [-0.1, -0.05) is 6.08 Å². The second-order valence-corrected chi connectivity index (χ2v) is 2.86. The number of aliphatic hydroxyl groups is 1. The fourth-order valence-corrected chi connectivity index (χ4v) is 1.49. The predicted molar refractivity (Wildman–Crippen MR) is 39.6 cm³/mol. The summed E-state index contributed by atoms with van der Waals surface area (Å²) in [6.07, 6.45) is 6.37. The highest BCUT2D eigenvalue weighted by atomic mass is 16.6. The van der Waals surface area contributed by atoms with E-state index < -0.39 is 0 Å². The Morgan fingerprint density at radius 2 is 2.27 bits per heavy atom. The molecule has 1 N–H and O–H groups in total. The topological polar surface area (TPSA) is 32.8 Å². The maximum Gasteiger partial charge on any atom is 0.166 e. The summed E-state index contributed by atoms with van der Waals surface area (Å²) >= 11 is 0. The Hall–Kier alpha value is -1.44. The van der Waals surface area contributed by atoms with E-state index in [4.69, 9.17) is 4.74 Å². The summed E-state index contributed by atoms with van der Waals surface area (Å²) in [5.74, 6) is 2.39. The molecule has 2 heteroatoms. The number of ether oxygens (including phenoxy) is 1. The van der Waals surface area contributed by atoms with Crippen LogP contribution in [0.15, 0.2) is 46.7 Å². The molecule has 0 aromatic carbocycles. The van der Waals surface area contributed by atoms with Crippen molar-refractivity contribution in [1.29, 1.82) is 0 Å². The van der Waals surface area contributed by atoms with Crippen molar-refractivity contribution in [3.8, 4) is 0 Å². The molecular weight excluding hydrogens is 140 g/mol. The molecule has 0 fully saturated rings. The average Bonchev–Trinajstić information content (AvgIpc) is 2.68. The zero-order valence-corrected chi connectivity index (χ0v) is 5.79. The van der Waals surface area contributed by atoms with Gasteiger partial charge in [0.05, 0.1) is 0 Å². The minimum Gasteiger partial charge on any atom is -0.508 e. The lowest BCUT2D eigenvalue weighted by atomic mass is 10.0. The fraction of sp³-hybridized carbons (Fsp3) is 0.111. The molecule has 1 aliphatic heterocycles. The van der Waals surface area contributed by atoms with Crippen molar-refractivity contribution in [3.05, 3.63) is 46.7 Å². The summed E-state index contributed by atoms with van der Waals surface area (Å²) in [4.78, 5) is 0. The van der Waals surface area contributed by atoms with Gasteiger partial charge >= 0.3 is 0 Å². The van der Waals surface area contributed by atoms with Crippen LogP contribution in [0.2, 0.25) is 0 Å². The Labute approximate surface area is 63.8 Å². The Balaban J connectivity index is 2.18. The van der Waals surface area contributed by atoms with Crippen LogP contribution in [0.5, 0.6) is 0 Å². The molecule has 0 radical (unpaired) electrons. The average molecular weight is 146 g/mol. The van der Waals surface area contributed by atoms with Gasteiger partial charge in [0.15, 0.2) is 11.5 Å². The Morgan fingerprint density at radius 1 is 1.36 bits per heavy atom. The largest absolute Gasteiger partial charge is 0.508 e. The number of hydrogen-bond donors (Lipinski definition) is 1. The summed E-state index contributed by atoms with van der Waals surface area (Å²) in [6.45, 7) is 0.